The fourth-order valence-electron chi connectivity index (χ4n) is 1.52. The Morgan fingerprint density at radius 2 is 2.13 bits per heavy atom. The van der Waals surface area contributed by atoms with Gasteiger partial charge in [0.2, 0.25) is 0 Å². The zero-order valence-corrected chi connectivity index (χ0v) is 10.7. The average Bonchev–Trinajstić information content (AvgIpc) is 2.73. The summed E-state index contributed by atoms with van der Waals surface area (Å²) in [6, 6.07) is 2.61. The van der Waals surface area contributed by atoms with Gasteiger partial charge in [-0.25, -0.2) is 0 Å². The van der Waals surface area contributed by atoms with Crippen LogP contribution >= 0.6 is 11.6 Å². The maximum absolute atomic E-state index is 5.88. The van der Waals surface area contributed by atoms with Gasteiger partial charge in [0.15, 0.2) is 0 Å². The van der Waals surface area contributed by atoms with Gasteiger partial charge in [-0.1, -0.05) is 20.3 Å². The molecule has 1 aromatic heterocycles. The molecule has 1 rings (SSSR count). The molecule has 0 fully saturated rings. The lowest BCUT2D eigenvalue weighted by Crippen LogP contribution is -2.08. The van der Waals surface area contributed by atoms with Crippen molar-refractivity contribution in [1.82, 2.24) is 9.78 Å². The van der Waals surface area contributed by atoms with Gasteiger partial charge in [-0.3, -0.25) is 4.68 Å². The van der Waals surface area contributed by atoms with Gasteiger partial charge in [-0.2, -0.15) is 5.10 Å². The van der Waals surface area contributed by atoms with E-state index in [4.69, 9.17) is 11.6 Å². The Balaban J connectivity index is 2.59. The number of hydrogen-bond acceptors (Lipinski definition) is 1. The maximum Gasteiger partial charge on any atom is 0.0627 e. The van der Waals surface area contributed by atoms with E-state index in [2.05, 4.69) is 42.8 Å². The summed E-state index contributed by atoms with van der Waals surface area (Å²) in [4.78, 5) is 0. The zero-order chi connectivity index (χ0) is 11.3. The first-order chi connectivity index (χ1) is 7.21. The summed E-state index contributed by atoms with van der Waals surface area (Å²) in [6.45, 7) is 6.55. The molecule has 1 heterocycles. The molecule has 15 heavy (non-hydrogen) atoms. The van der Waals surface area contributed by atoms with Crippen LogP contribution in [-0.4, -0.2) is 15.7 Å². The second kappa shape index (κ2) is 6.16. The molecule has 0 aliphatic heterocycles. The largest absolute Gasteiger partial charge is 0.270 e. The van der Waals surface area contributed by atoms with Crippen LogP contribution in [0.5, 0.6) is 0 Å². The summed E-state index contributed by atoms with van der Waals surface area (Å²) in [7, 11) is 0. The predicted molar refractivity (Wildman–Crippen MR) is 65.4 cm³/mol. The summed E-state index contributed by atoms with van der Waals surface area (Å²) in [5.74, 6) is 1.29. The van der Waals surface area contributed by atoms with Crippen LogP contribution in [0.2, 0.25) is 0 Å². The third-order valence-corrected chi connectivity index (χ3v) is 3.44. The van der Waals surface area contributed by atoms with E-state index in [0.29, 0.717) is 12.0 Å². The molecule has 2 atom stereocenters. The lowest BCUT2D eigenvalue weighted by atomic mass is 10.0. The topological polar surface area (TPSA) is 17.8 Å². The highest BCUT2D eigenvalue weighted by molar-refractivity contribution is 6.18. The van der Waals surface area contributed by atoms with Crippen molar-refractivity contribution in [2.24, 2.45) is 5.92 Å². The van der Waals surface area contributed by atoms with Crippen molar-refractivity contribution >= 4 is 11.6 Å². The van der Waals surface area contributed by atoms with Crippen LogP contribution in [0.4, 0.5) is 0 Å². The molecule has 0 aliphatic carbocycles. The Bertz CT molecular complexity index is 279. The van der Waals surface area contributed by atoms with Gasteiger partial charge in [0, 0.05) is 18.1 Å². The van der Waals surface area contributed by atoms with Crippen molar-refractivity contribution in [3.63, 3.8) is 0 Å². The maximum atomic E-state index is 5.88. The van der Waals surface area contributed by atoms with Crippen LogP contribution in [0.1, 0.15) is 45.3 Å². The summed E-state index contributed by atoms with van der Waals surface area (Å²) in [5.41, 5.74) is 1.17. The molecule has 0 N–H and O–H groups in total. The molecule has 3 heteroatoms. The Morgan fingerprint density at radius 3 is 2.67 bits per heavy atom. The number of nitrogens with zero attached hydrogens (tertiary/aromatic N) is 2. The van der Waals surface area contributed by atoms with Crippen LogP contribution < -0.4 is 0 Å². The average molecular weight is 229 g/mol. The second-order valence-electron chi connectivity index (χ2n) is 4.18. The van der Waals surface area contributed by atoms with Crippen LogP contribution in [0.15, 0.2) is 12.3 Å². The van der Waals surface area contributed by atoms with Gasteiger partial charge in [0.1, 0.15) is 0 Å². The van der Waals surface area contributed by atoms with Gasteiger partial charge < -0.3 is 0 Å². The van der Waals surface area contributed by atoms with Gasteiger partial charge in [-0.05, 0) is 31.7 Å². The summed E-state index contributed by atoms with van der Waals surface area (Å²) in [5, 5.41) is 4.57. The van der Waals surface area contributed by atoms with Gasteiger partial charge in [0.25, 0.3) is 0 Å². The predicted octanol–water partition coefficient (Wildman–Crippen LogP) is 3.66. The Labute approximate surface area is 97.6 Å². The first kappa shape index (κ1) is 12.6. The first-order valence-corrected chi connectivity index (χ1v) is 6.34. The monoisotopic (exact) mass is 228 g/mol. The summed E-state index contributed by atoms with van der Waals surface area (Å²) >= 11 is 5.88. The van der Waals surface area contributed by atoms with Crippen LogP contribution in [0, 0.1) is 5.92 Å². The number of aromatic nitrogens is 2. The van der Waals surface area contributed by atoms with E-state index < -0.39 is 0 Å². The minimum absolute atomic E-state index is 0.495. The fourth-order valence-corrected chi connectivity index (χ4v) is 1.85. The molecule has 0 aromatic carbocycles. The number of hydrogen-bond donors (Lipinski definition) is 0. The van der Waals surface area contributed by atoms with E-state index in [0.717, 1.165) is 25.1 Å². The molecule has 0 saturated heterocycles. The van der Waals surface area contributed by atoms with Crippen molar-refractivity contribution in [3.8, 4) is 0 Å². The lowest BCUT2D eigenvalue weighted by Gasteiger charge is -2.10. The van der Waals surface area contributed by atoms with E-state index in [-0.39, 0.29) is 0 Å². The Hall–Kier alpha value is -0.500. The van der Waals surface area contributed by atoms with Gasteiger partial charge in [-0.15, -0.1) is 11.6 Å². The molecule has 2 unspecified atom stereocenters. The molecule has 0 spiro atoms. The molecule has 0 aliphatic rings. The quantitative estimate of drug-likeness (QED) is 0.680. The third-order valence-electron chi connectivity index (χ3n) is 3.00. The molecule has 1 aromatic rings. The highest BCUT2D eigenvalue weighted by atomic mass is 35.5. The van der Waals surface area contributed by atoms with Gasteiger partial charge in [0.05, 0.1) is 5.69 Å². The molecule has 0 saturated carbocycles. The van der Waals surface area contributed by atoms with Crippen LogP contribution in [0.3, 0.4) is 0 Å². The standard InChI is InChI=1S/C12H21ClN2/c1-4-10(3)15-7-6-12(14-15)8-11(5-2)9-13/h6-7,10-11H,4-5,8-9H2,1-3H3. The molecule has 0 radical (unpaired) electrons. The number of halogens is 1. The molecule has 0 amide bonds. The highest BCUT2D eigenvalue weighted by Gasteiger charge is 2.09. The Kier molecular flexibility index (Phi) is 5.16. The van der Waals surface area contributed by atoms with Crippen molar-refractivity contribution in [2.45, 2.75) is 46.1 Å². The van der Waals surface area contributed by atoms with Crippen molar-refractivity contribution < 1.29 is 0 Å². The minimum atomic E-state index is 0.495. The minimum Gasteiger partial charge on any atom is -0.270 e. The first-order valence-electron chi connectivity index (χ1n) is 5.81. The summed E-state index contributed by atoms with van der Waals surface area (Å²) in [6.07, 6.45) is 5.32. The van der Waals surface area contributed by atoms with Crippen LogP contribution in [0.25, 0.3) is 0 Å². The third kappa shape index (κ3) is 3.53. The molecule has 86 valence electrons. The molecule has 2 nitrogen and oxygen atoms in total. The normalized spacial score (nSPS) is 15.2. The van der Waals surface area contributed by atoms with Gasteiger partial charge >= 0.3 is 0 Å². The smallest absolute Gasteiger partial charge is 0.0627 e. The van der Waals surface area contributed by atoms with E-state index in [9.17, 15) is 0 Å². The van der Waals surface area contributed by atoms with Crippen molar-refractivity contribution in [3.05, 3.63) is 18.0 Å². The van der Waals surface area contributed by atoms with Crippen LogP contribution in [-0.2, 0) is 6.42 Å². The van der Waals surface area contributed by atoms with E-state index in [1.807, 2.05) is 0 Å². The van der Waals surface area contributed by atoms with Crippen molar-refractivity contribution in [1.29, 1.82) is 0 Å². The van der Waals surface area contributed by atoms with E-state index >= 15 is 0 Å². The fraction of sp³-hybridized carbons (Fsp3) is 0.750. The zero-order valence-electron chi connectivity index (χ0n) is 9.91. The SMILES string of the molecule is CCC(CCl)Cc1ccn(C(C)CC)n1. The summed E-state index contributed by atoms with van der Waals surface area (Å²) < 4.78 is 2.05. The molecular weight excluding hydrogens is 208 g/mol. The van der Waals surface area contributed by atoms with E-state index in [1.54, 1.807) is 0 Å². The molecular formula is C12H21ClN2. The molecule has 0 bridgehead atoms. The number of alkyl halides is 1. The number of rotatable bonds is 6. The van der Waals surface area contributed by atoms with E-state index in [1.165, 1.54) is 5.69 Å². The second-order valence-corrected chi connectivity index (χ2v) is 4.49. The Morgan fingerprint density at radius 1 is 1.40 bits per heavy atom. The van der Waals surface area contributed by atoms with Crippen molar-refractivity contribution in [2.75, 3.05) is 5.88 Å². The lowest BCUT2D eigenvalue weighted by molar-refractivity contribution is 0.466. The highest BCUT2D eigenvalue weighted by Crippen LogP contribution is 2.14.